The van der Waals surface area contributed by atoms with Crippen LogP contribution in [0.4, 0.5) is 9.59 Å². The lowest BCUT2D eigenvalue weighted by molar-refractivity contribution is -0.146. The molecule has 2 amide bonds. The molecule has 0 N–H and O–H groups in total. The first kappa shape index (κ1) is 14.8. The van der Waals surface area contributed by atoms with Crippen molar-refractivity contribution in [3.8, 4) is 0 Å². The molecule has 112 valence electrons. The zero-order chi connectivity index (χ0) is 14.2. The molecule has 2 saturated heterocycles. The highest BCUT2D eigenvalue weighted by atomic mass is 16.7. The van der Waals surface area contributed by atoms with Crippen molar-refractivity contribution in [3.05, 3.63) is 0 Å². The van der Waals surface area contributed by atoms with E-state index in [9.17, 15) is 9.59 Å². The molecule has 2 rings (SSSR count). The van der Waals surface area contributed by atoms with Gasteiger partial charge in [0.1, 0.15) is 0 Å². The standard InChI is InChI=1S/C10H16N4O6/c15-9(19-13-1-5-17-6-2-13)11-12-10(16)20-14-3-7-18-8-4-14/h1-8H2/b12-11+. The summed E-state index contributed by atoms with van der Waals surface area (Å²) in [6.45, 7) is 3.73. The molecule has 0 bridgehead atoms. The number of amides is 2. The maximum absolute atomic E-state index is 11.3. The van der Waals surface area contributed by atoms with Gasteiger partial charge in [0, 0.05) is 0 Å². The van der Waals surface area contributed by atoms with Gasteiger partial charge >= 0.3 is 12.2 Å². The third-order valence-corrected chi connectivity index (χ3v) is 2.57. The lowest BCUT2D eigenvalue weighted by atomic mass is 10.5. The number of hydrogen-bond acceptors (Lipinski definition) is 8. The molecule has 0 saturated carbocycles. The molecule has 10 heteroatoms. The molecule has 0 aromatic rings. The van der Waals surface area contributed by atoms with Crippen LogP contribution in [0.5, 0.6) is 0 Å². The summed E-state index contributed by atoms with van der Waals surface area (Å²) in [4.78, 5) is 32.3. The van der Waals surface area contributed by atoms with Crippen molar-refractivity contribution < 1.29 is 28.7 Å². The highest BCUT2D eigenvalue weighted by molar-refractivity contribution is 5.72. The van der Waals surface area contributed by atoms with Crippen molar-refractivity contribution in [2.24, 2.45) is 10.2 Å². The molecule has 0 atom stereocenters. The second kappa shape index (κ2) is 7.85. The fourth-order valence-electron chi connectivity index (χ4n) is 1.61. The largest absolute Gasteiger partial charge is 0.471 e. The van der Waals surface area contributed by atoms with Crippen molar-refractivity contribution in [1.29, 1.82) is 0 Å². The molecule has 2 aliphatic rings. The number of rotatable bonds is 2. The van der Waals surface area contributed by atoms with Crippen LogP contribution in [0, 0.1) is 0 Å². The maximum Gasteiger partial charge on any atom is 0.471 e. The van der Waals surface area contributed by atoms with E-state index in [0.717, 1.165) is 0 Å². The Bertz CT molecular complexity index is 331. The van der Waals surface area contributed by atoms with Crippen LogP contribution in [0.25, 0.3) is 0 Å². The van der Waals surface area contributed by atoms with E-state index in [1.807, 2.05) is 0 Å². The van der Waals surface area contributed by atoms with Crippen LogP contribution in [0.15, 0.2) is 10.2 Å². The van der Waals surface area contributed by atoms with Gasteiger partial charge in [0.25, 0.3) is 0 Å². The minimum atomic E-state index is -0.967. The second-order valence-electron chi connectivity index (χ2n) is 4.00. The highest BCUT2D eigenvalue weighted by Crippen LogP contribution is 2.02. The summed E-state index contributed by atoms with van der Waals surface area (Å²) < 4.78 is 10.2. The lowest BCUT2D eigenvalue weighted by Crippen LogP contribution is -2.37. The summed E-state index contributed by atoms with van der Waals surface area (Å²) >= 11 is 0. The SMILES string of the molecule is O=C(/N=N/C(=O)ON1CCOCC1)ON1CCOCC1. The Morgan fingerprint density at radius 1 is 0.750 bits per heavy atom. The first-order valence-corrected chi connectivity index (χ1v) is 6.25. The Morgan fingerprint density at radius 2 is 1.10 bits per heavy atom. The van der Waals surface area contributed by atoms with Gasteiger partial charge in [-0.2, -0.15) is 0 Å². The number of carbonyl (C=O) groups is 2. The molecule has 2 fully saturated rings. The normalized spacial score (nSPS) is 21.8. The molecule has 2 aliphatic heterocycles. The molecule has 0 spiro atoms. The number of hydroxylamine groups is 4. The molecule has 20 heavy (non-hydrogen) atoms. The molecule has 2 heterocycles. The molecule has 0 aliphatic carbocycles. The third-order valence-electron chi connectivity index (χ3n) is 2.57. The van der Waals surface area contributed by atoms with E-state index in [1.54, 1.807) is 0 Å². The van der Waals surface area contributed by atoms with E-state index in [0.29, 0.717) is 52.6 Å². The van der Waals surface area contributed by atoms with E-state index < -0.39 is 12.2 Å². The van der Waals surface area contributed by atoms with Gasteiger partial charge in [-0.3, -0.25) is 0 Å². The molecule has 0 aromatic carbocycles. The third kappa shape index (κ3) is 5.17. The molecule has 10 nitrogen and oxygen atoms in total. The number of hydrogen-bond donors (Lipinski definition) is 0. The smallest absolute Gasteiger partial charge is 0.379 e. The first-order chi connectivity index (χ1) is 9.74. The van der Waals surface area contributed by atoms with E-state index in [1.165, 1.54) is 10.1 Å². The van der Waals surface area contributed by atoms with Gasteiger partial charge in [-0.25, -0.2) is 9.59 Å². The van der Waals surface area contributed by atoms with Crippen molar-refractivity contribution in [2.45, 2.75) is 0 Å². The summed E-state index contributed by atoms with van der Waals surface area (Å²) in [6.07, 6.45) is -1.93. The minimum Gasteiger partial charge on any atom is -0.379 e. The quantitative estimate of drug-likeness (QED) is 0.664. The average Bonchev–Trinajstić information content (AvgIpc) is 2.47. The number of nitrogens with zero attached hydrogens (tertiary/aromatic N) is 4. The Morgan fingerprint density at radius 3 is 1.45 bits per heavy atom. The summed E-state index contributed by atoms with van der Waals surface area (Å²) in [5, 5.41) is 9.07. The topological polar surface area (TPSA) is 102 Å². The van der Waals surface area contributed by atoms with E-state index >= 15 is 0 Å². The van der Waals surface area contributed by atoms with E-state index in [2.05, 4.69) is 10.2 Å². The van der Waals surface area contributed by atoms with Crippen LogP contribution in [-0.4, -0.2) is 74.9 Å². The van der Waals surface area contributed by atoms with Crippen LogP contribution in [0.1, 0.15) is 0 Å². The van der Waals surface area contributed by atoms with Gasteiger partial charge in [-0.05, 0) is 0 Å². The van der Waals surface area contributed by atoms with Crippen molar-refractivity contribution >= 4 is 12.2 Å². The van der Waals surface area contributed by atoms with Gasteiger partial charge in [-0.15, -0.1) is 10.1 Å². The number of carbonyl (C=O) groups excluding carboxylic acids is 2. The molecule has 0 radical (unpaired) electrons. The van der Waals surface area contributed by atoms with Gasteiger partial charge in [0.05, 0.1) is 52.6 Å². The number of azo groups is 1. The van der Waals surface area contributed by atoms with Crippen LogP contribution in [0.2, 0.25) is 0 Å². The molecular weight excluding hydrogens is 272 g/mol. The van der Waals surface area contributed by atoms with Gasteiger partial charge in [0.2, 0.25) is 0 Å². The zero-order valence-electron chi connectivity index (χ0n) is 10.9. The second-order valence-corrected chi connectivity index (χ2v) is 4.00. The summed E-state index contributed by atoms with van der Waals surface area (Å²) in [5.41, 5.74) is 0. The van der Waals surface area contributed by atoms with E-state index in [-0.39, 0.29) is 0 Å². The minimum absolute atomic E-state index is 0.458. The van der Waals surface area contributed by atoms with Crippen molar-refractivity contribution in [1.82, 2.24) is 10.1 Å². The fourth-order valence-corrected chi connectivity index (χ4v) is 1.61. The molecule has 0 aromatic heterocycles. The Hall–Kier alpha value is -1.62. The maximum atomic E-state index is 11.3. The van der Waals surface area contributed by atoms with Crippen LogP contribution < -0.4 is 0 Å². The monoisotopic (exact) mass is 288 g/mol. The first-order valence-electron chi connectivity index (χ1n) is 6.25. The molecular formula is C10H16N4O6. The van der Waals surface area contributed by atoms with Crippen molar-refractivity contribution in [3.63, 3.8) is 0 Å². The predicted octanol–water partition coefficient (Wildman–Crippen LogP) is 0.206. The summed E-state index contributed by atoms with van der Waals surface area (Å²) in [7, 11) is 0. The number of ether oxygens (including phenoxy) is 2. The number of morpholine rings is 2. The zero-order valence-corrected chi connectivity index (χ0v) is 10.9. The molecule has 0 unspecified atom stereocenters. The Kier molecular flexibility index (Phi) is 5.80. The highest BCUT2D eigenvalue weighted by Gasteiger charge is 2.17. The Labute approximate surface area is 115 Å². The van der Waals surface area contributed by atoms with Gasteiger partial charge < -0.3 is 19.1 Å². The summed E-state index contributed by atoms with van der Waals surface area (Å²) in [5.74, 6) is 0. The lowest BCUT2D eigenvalue weighted by Gasteiger charge is -2.24. The van der Waals surface area contributed by atoms with Crippen LogP contribution in [-0.2, 0) is 19.1 Å². The Balaban J connectivity index is 1.67. The summed E-state index contributed by atoms with van der Waals surface area (Å²) in [6, 6.07) is 0. The predicted molar refractivity (Wildman–Crippen MR) is 62.6 cm³/mol. The average molecular weight is 288 g/mol. The van der Waals surface area contributed by atoms with Gasteiger partial charge in [0.15, 0.2) is 0 Å². The van der Waals surface area contributed by atoms with Gasteiger partial charge in [-0.1, -0.05) is 10.2 Å². The van der Waals surface area contributed by atoms with Crippen LogP contribution in [0.3, 0.4) is 0 Å². The fraction of sp³-hybridized carbons (Fsp3) is 0.800. The van der Waals surface area contributed by atoms with Crippen LogP contribution >= 0.6 is 0 Å². The van der Waals surface area contributed by atoms with E-state index in [4.69, 9.17) is 19.1 Å². The van der Waals surface area contributed by atoms with Crippen molar-refractivity contribution in [2.75, 3.05) is 52.6 Å².